The Kier molecular flexibility index (Phi) is 3.34. The van der Waals surface area contributed by atoms with Gasteiger partial charge in [-0.15, -0.1) is 0 Å². The summed E-state index contributed by atoms with van der Waals surface area (Å²) in [5.41, 5.74) is 6.62. The zero-order valence-corrected chi connectivity index (χ0v) is 8.14. The van der Waals surface area contributed by atoms with Crippen molar-refractivity contribution in [3.63, 3.8) is 0 Å². The molecule has 0 radical (unpaired) electrons. The molecule has 13 heavy (non-hydrogen) atoms. The van der Waals surface area contributed by atoms with E-state index in [2.05, 4.69) is 0 Å². The molecule has 0 bridgehead atoms. The third-order valence-electron chi connectivity index (χ3n) is 1.47. The van der Waals surface area contributed by atoms with E-state index in [0.29, 0.717) is 22.0 Å². The second kappa shape index (κ2) is 4.30. The van der Waals surface area contributed by atoms with Crippen LogP contribution < -0.4 is 5.73 Å². The van der Waals surface area contributed by atoms with E-state index in [0.717, 1.165) is 5.56 Å². The van der Waals surface area contributed by atoms with Gasteiger partial charge in [-0.25, -0.2) is 0 Å². The Morgan fingerprint density at radius 1 is 1.23 bits per heavy atom. The minimum atomic E-state index is 0.353. The van der Waals surface area contributed by atoms with Crippen LogP contribution in [0.3, 0.4) is 0 Å². The predicted octanol–water partition coefficient (Wildman–Crippen LogP) is 2.79. The van der Waals surface area contributed by atoms with Gasteiger partial charge in [0.25, 0.3) is 0 Å². The van der Waals surface area contributed by atoms with Gasteiger partial charge in [0.1, 0.15) is 6.29 Å². The van der Waals surface area contributed by atoms with Gasteiger partial charge in [-0.1, -0.05) is 29.3 Å². The third kappa shape index (κ3) is 2.47. The van der Waals surface area contributed by atoms with Crippen molar-refractivity contribution in [2.24, 2.45) is 0 Å². The number of carbonyl (C=O) groups is 1. The van der Waals surface area contributed by atoms with Crippen molar-refractivity contribution < 1.29 is 4.79 Å². The molecular weight excluding hydrogens is 209 g/mol. The minimum absolute atomic E-state index is 0.353. The van der Waals surface area contributed by atoms with Crippen LogP contribution in [-0.4, -0.2) is 6.29 Å². The Balaban J connectivity index is 3.12. The van der Waals surface area contributed by atoms with Gasteiger partial charge in [0, 0.05) is 0 Å². The van der Waals surface area contributed by atoms with Gasteiger partial charge >= 0.3 is 0 Å². The fourth-order valence-corrected chi connectivity index (χ4v) is 1.35. The molecule has 0 amide bonds. The van der Waals surface area contributed by atoms with Crippen LogP contribution in [0.5, 0.6) is 0 Å². The topological polar surface area (TPSA) is 43.1 Å². The number of rotatable bonds is 2. The third-order valence-corrected chi connectivity index (χ3v) is 2.09. The van der Waals surface area contributed by atoms with Crippen LogP contribution in [0.2, 0.25) is 10.0 Å². The van der Waals surface area contributed by atoms with E-state index in [1.807, 2.05) is 0 Å². The number of carbonyl (C=O) groups excluding carboxylic acids is 1. The van der Waals surface area contributed by atoms with Crippen LogP contribution in [0.25, 0.3) is 6.08 Å². The zero-order valence-electron chi connectivity index (χ0n) is 6.63. The van der Waals surface area contributed by atoms with Gasteiger partial charge in [0.15, 0.2) is 0 Å². The number of halogens is 2. The Morgan fingerprint density at radius 2 is 1.77 bits per heavy atom. The second-order valence-corrected chi connectivity index (χ2v) is 3.21. The lowest BCUT2D eigenvalue weighted by Gasteiger charge is -2.02. The summed E-state index contributed by atoms with van der Waals surface area (Å²) in [4.78, 5) is 10.0. The van der Waals surface area contributed by atoms with Crippen LogP contribution in [0.15, 0.2) is 18.2 Å². The number of allylic oxidation sites excluding steroid dienone is 1. The monoisotopic (exact) mass is 215 g/mol. The lowest BCUT2D eigenvalue weighted by atomic mass is 10.2. The van der Waals surface area contributed by atoms with Crippen LogP contribution in [-0.2, 0) is 4.79 Å². The predicted molar refractivity (Wildman–Crippen MR) is 56.0 cm³/mol. The molecule has 0 fully saturated rings. The molecule has 0 aliphatic rings. The molecule has 4 heteroatoms. The van der Waals surface area contributed by atoms with Crippen molar-refractivity contribution in [1.29, 1.82) is 0 Å². The first kappa shape index (κ1) is 10.1. The van der Waals surface area contributed by atoms with E-state index in [9.17, 15) is 4.79 Å². The lowest BCUT2D eigenvalue weighted by Crippen LogP contribution is -1.88. The number of nitrogen functional groups attached to an aromatic ring is 1. The van der Waals surface area contributed by atoms with Crippen molar-refractivity contribution >= 4 is 41.3 Å². The van der Waals surface area contributed by atoms with E-state index in [4.69, 9.17) is 28.9 Å². The number of nitrogens with two attached hydrogens (primary N) is 1. The highest BCUT2D eigenvalue weighted by atomic mass is 35.5. The first-order valence-electron chi connectivity index (χ1n) is 3.51. The van der Waals surface area contributed by atoms with Gasteiger partial charge in [-0.2, -0.15) is 0 Å². The van der Waals surface area contributed by atoms with Crippen LogP contribution >= 0.6 is 23.2 Å². The fourth-order valence-electron chi connectivity index (χ4n) is 0.851. The fraction of sp³-hybridized carbons (Fsp3) is 0. The molecule has 0 saturated carbocycles. The van der Waals surface area contributed by atoms with E-state index in [-0.39, 0.29) is 0 Å². The second-order valence-electron chi connectivity index (χ2n) is 2.39. The number of anilines is 1. The smallest absolute Gasteiger partial charge is 0.142 e. The maximum Gasteiger partial charge on any atom is 0.142 e. The highest BCUT2D eigenvalue weighted by Gasteiger charge is 2.02. The van der Waals surface area contributed by atoms with Gasteiger partial charge < -0.3 is 5.73 Å². The molecule has 1 rings (SSSR count). The Labute approximate surface area is 85.9 Å². The van der Waals surface area contributed by atoms with Gasteiger partial charge in [0.2, 0.25) is 0 Å². The first-order valence-corrected chi connectivity index (χ1v) is 4.27. The molecule has 0 aromatic heterocycles. The largest absolute Gasteiger partial charge is 0.396 e. The average molecular weight is 216 g/mol. The number of hydrogen-bond acceptors (Lipinski definition) is 2. The molecule has 0 atom stereocenters. The van der Waals surface area contributed by atoms with Crippen LogP contribution in [0.4, 0.5) is 5.69 Å². The quantitative estimate of drug-likeness (QED) is 0.469. The number of benzene rings is 1. The number of aldehydes is 1. The van der Waals surface area contributed by atoms with E-state index in [1.165, 1.54) is 6.08 Å². The molecule has 2 nitrogen and oxygen atoms in total. The minimum Gasteiger partial charge on any atom is -0.396 e. The van der Waals surface area contributed by atoms with E-state index < -0.39 is 0 Å². The Bertz CT molecular complexity index is 338. The summed E-state index contributed by atoms with van der Waals surface area (Å²) in [7, 11) is 0. The summed E-state index contributed by atoms with van der Waals surface area (Å²) >= 11 is 11.5. The summed E-state index contributed by atoms with van der Waals surface area (Å²) in [6.45, 7) is 0. The number of hydrogen-bond donors (Lipinski definition) is 1. The molecule has 1 aromatic rings. The van der Waals surface area contributed by atoms with Gasteiger partial charge in [-0.05, 0) is 23.8 Å². The maximum atomic E-state index is 10.0. The molecular formula is C9H7Cl2NO. The molecule has 0 unspecified atom stereocenters. The summed E-state index contributed by atoms with van der Waals surface area (Å²) in [5.74, 6) is 0. The van der Waals surface area contributed by atoms with Crippen molar-refractivity contribution in [2.75, 3.05) is 5.73 Å². The van der Waals surface area contributed by atoms with Crippen molar-refractivity contribution in [1.82, 2.24) is 0 Å². The van der Waals surface area contributed by atoms with Crippen LogP contribution in [0.1, 0.15) is 5.56 Å². The highest BCUT2D eigenvalue weighted by molar-refractivity contribution is 6.39. The summed E-state index contributed by atoms with van der Waals surface area (Å²) in [5, 5.41) is 0.774. The van der Waals surface area contributed by atoms with Crippen LogP contribution in [0, 0.1) is 0 Å². The summed E-state index contributed by atoms with van der Waals surface area (Å²) < 4.78 is 0. The highest BCUT2D eigenvalue weighted by Crippen LogP contribution is 2.29. The van der Waals surface area contributed by atoms with Crippen molar-refractivity contribution in [3.8, 4) is 0 Å². The van der Waals surface area contributed by atoms with E-state index in [1.54, 1.807) is 18.2 Å². The SMILES string of the molecule is Nc1c(Cl)cc(C=CC=O)cc1Cl. The Hall–Kier alpha value is -0.990. The molecule has 2 N–H and O–H groups in total. The average Bonchev–Trinajstić information content (AvgIpc) is 2.10. The summed E-state index contributed by atoms with van der Waals surface area (Å²) in [6, 6.07) is 3.28. The molecule has 0 aliphatic heterocycles. The molecule has 0 spiro atoms. The molecule has 0 saturated heterocycles. The van der Waals surface area contributed by atoms with Gasteiger partial charge in [-0.3, -0.25) is 4.79 Å². The molecule has 0 heterocycles. The summed E-state index contributed by atoms with van der Waals surface area (Å²) in [6.07, 6.45) is 3.64. The first-order chi connectivity index (χ1) is 6.15. The van der Waals surface area contributed by atoms with E-state index >= 15 is 0 Å². The Morgan fingerprint density at radius 3 is 2.23 bits per heavy atom. The maximum absolute atomic E-state index is 10.0. The zero-order chi connectivity index (χ0) is 9.84. The molecule has 68 valence electrons. The molecule has 1 aromatic carbocycles. The molecule has 0 aliphatic carbocycles. The van der Waals surface area contributed by atoms with Crippen molar-refractivity contribution in [2.45, 2.75) is 0 Å². The normalized spacial score (nSPS) is 10.6. The van der Waals surface area contributed by atoms with Crippen molar-refractivity contribution in [3.05, 3.63) is 33.8 Å². The standard InChI is InChI=1S/C9H7Cl2NO/c10-7-4-6(2-1-3-13)5-8(11)9(7)12/h1-5H,12H2. The van der Waals surface area contributed by atoms with Gasteiger partial charge in [0.05, 0.1) is 15.7 Å². The lowest BCUT2D eigenvalue weighted by molar-refractivity contribution is -0.104.